The van der Waals surface area contributed by atoms with Crippen LogP contribution in [0.1, 0.15) is 40.0 Å². The van der Waals surface area contributed by atoms with E-state index >= 15 is 0 Å². The van der Waals surface area contributed by atoms with Crippen LogP contribution in [0, 0.1) is 5.92 Å². The zero-order chi connectivity index (χ0) is 21.4. The number of anilines is 2. The quantitative estimate of drug-likeness (QED) is 0.670. The fourth-order valence-corrected chi connectivity index (χ4v) is 4.53. The lowest BCUT2D eigenvalue weighted by molar-refractivity contribution is -0.121. The van der Waals surface area contributed by atoms with Gasteiger partial charge >= 0.3 is 6.03 Å². The number of nitrogens with one attached hydrogen (secondary N) is 2. The average molecular weight is 425 g/mol. The van der Waals surface area contributed by atoms with Crippen LogP contribution in [-0.4, -0.2) is 62.1 Å². The normalized spacial score (nSPS) is 15.1. The highest BCUT2D eigenvalue weighted by molar-refractivity contribution is 7.92. The fraction of sp³-hybridized carbons (Fsp3) is 0.600. The number of rotatable bonds is 8. The van der Waals surface area contributed by atoms with Crippen molar-refractivity contribution in [3.63, 3.8) is 0 Å². The Morgan fingerprint density at radius 3 is 2.10 bits per heavy atom. The SMILES string of the molecule is CCCS(=O)(=O)Nc1ccc(NC(=O)C2CCN(C(=O)N(CC)CC)CC2)cc1. The molecule has 1 aliphatic heterocycles. The van der Waals surface area contributed by atoms with Gasteiger partial charge in [0.2, 0.25) is 15.9 Å². The lowest BCUT2D eigenvalue weighted by Crippen LogP contribution is -2.47. The van der Waals surface area contributed by atoms with Crippen LogP contribution in [0.3, 0.4) is 0 Å². The van der Waals surface area contributed by atoms with Crippen molar-refractivity contribution >= 4 is 33.3 Å². The van der Waals surface area contributed by atoms with E-state index in [1.807, 2.05) is 25.7 Å². The molecule has 1 saturated heterocycles. The minimum Gasteiger partial charge on any atom is -0.326 e. The van der Waals surface area contributed by atoms with E-state index in [-0.39, 0.29) is 23.6 Å². The van der Waals surface area contributed by atoms with Crippen molar-refractivity contribution in [2.45, 2.75) is 40.0 Å². The van der Waals surface area contributed by atoms with Crippen molar-refractivity contribution in [2.24, 2.45) is 5.92 Å². The number of carbonyl (C=O) groups is 2. The zero-order valence-electron chi connectivity index (χ0n) is 17.5. The maximum absolute atomic E-state index is 12.6. The molecule has 0 spiro atoms. The third-order valence-electron chi connectivity index (χ3n) is 5.07. The van der Waals surface area contributed by atoms with E-state index < -0.39 is 10.0 Å². The molecule has 0 bridgehead atoms. The molecule has 3 amide bonds. The highest BCUT2D eigenvalue weighted by Crippen LogP contribution is 2.21. The summed E-state index contributed by atoms with van der Waals surface area (Å²) in [4.78, 5) is 28.6. The topological polar surface area (TPSA) is 98.8 Å². The number of piperidine rings is 1. The van der Waals surface area contributed by atoms with Crippen LogP contribution in [0.2, 0.25) is 0 Å². The lowest BCUT2D eigenvalue weighted by atomic mass is 9.96. The van der Waals surface area contributed by atoms with E-state index in [1.165, 1.54) is 0 Å². The number of hydrogen-bond donors (Lipinski definition) is 2. The summed E-state index contributed by atoms with van der Waals surface area (Å²) in [6, 6.07) is 6.67. The van der Waals surface area contributed by atoms with Gasteiger partial charge in [-0.1, -0.05) is 6.92 Å². The van der Waals surface area contributed by atoms with E-state index in [2.05, 4.69) is 10.0 Å². The van der Waals surface area contributed by atoms with Crippen molar-refractivity contribution in [3.8, 4) is 0 Å². The number of benzene rings is 1. The third-order valence-corrected chi connectivity index (χ3v) is 6.56. The summed E-state index contributed by atoms with van der Waals surface area (Å²) in [7, 11) is -3.33. The van der Waals surface area contributed by atoms with Crippen LogP contribution in [-0.2, 0) is 14.8 Å². The average Bonchev–Trinajstić information content (AvgIpc) is 2.70. The Morgan fingerprint density at radius 2 is 1.59 bits per heavy atom. The Kier molecular flexibility index (Phi) is 8.31. The molecule has 8 nitrogen and oxygen atoms in total. The Hall–Kier alpha value is -2.29. The molecule has 0 atom stereocenters. The molecular formula is C20H32N4O4S. The second-order valence-electron chi connectivity index (χ2n) is 7.20. The van der Waals surface area contributed by atoms with E-state index in [0.717, 1.165) is 0 Å². The molecule has 0 radical (unpaired) electrons. The molecule has 9 heteroatoms. The maximum Gasteiger partial charge on any atom is 0.319 e. The molecule has 2 N–H and O–H groups in total. The van der Waals surface area contributed by atoms with Gasteiger partial charge in [0.1, 0.15) is 0 Å². The summed E-state index contributed by atoms with van der Waals surface area (Å²) >= 11 is 0. The Balaban J connectivity index is 1.86. The molecule has 29 heavy (non-hydrogen) atoms. The van der Waals surface area contributed by atoms with E-state index in [9.17, 15) is 18.0 Å². The molecule has 1 aromatic carbocycles. The molecule has 0 saturated carbocycles. The predicted octanol–water partition coefficient (Wildman–Crippen LogP) is 2.95. The molecule has 1 aliphatic rings. The highest BCUT2D eigenvalue weighted by Gasteiger charge is 2.28. The van der Waals surface area contributed by atoms with Gasteiger partial charge in [0.05, 0.1) is 5.75 Å². The summed E-state index contributed by atoms with van der Waals surface area (Å²) in [6.45, 7) is 8.24. The summed E-state index contributed by atoms with van der Waals surface area (Å²) in [5.41, 5.74) is 1.09. The number of carbonyl (C=O) groups excluding carboxylic acids is 2. The molecule has 2 rings (SSSR count). The maximum atomic E-state index is 12.6. The van der Waals surface area contributed by atoms with Crippen molar-refractivity contribution in [2.75, 3.05) is 42.0 Å². The first kappa shape index (κ1) is 23.0. The summed E-state index contributed by atoms with van der Waals surface area (Å²) in [6.07, 6.45) is 1.81. The molecule has 162 valence electrons. The highest BCUT2D eigenvalue weighted by atomic mass is 32.2. The van der Waals surface area contributed by atoms with Crippen molar-refractivity contribution in [1.82, 2.24) is 9.80 Å². The van der Waals surface area contributed by atoms with Crippen LogP contribution in [0.15, 0.2) is 24.3 Å². The molecule has 0 aromatic heterocycles. The zero-order valence-corrected chi connectivity index (χ0v) is 18.3. The molecule has 0 aliphatic carbocycles. The van der Waals surface area contributed by atoms with Crippen LogP contribution in [0.25, 0.3) is 0 Å². The minimum atomic E-state index is -3.33. The molecular weight excluding hydrogens is 392 g/mol. The second-order valence-corrected chi connectivity index (χ2v) is 9.05. The van der Waals surface area contributed by atoms with Crippen LogP contribution >= 0.6 is 0 Å². The lowest BCUT2D eigenvalue weighted by Gasteiger charge is -2.34. The monoisotopic (exact) mass is 424 g/mol. The van der Waals surface area contributed by atoms with Gasteiger partial charge in [0.25, 0.3) is 0 Å². The van der Waals surface area contributed by atoms with E-state index in [4.69, 9.17) is 0 Å². The van der Waals surface area contributed by atoms with Gasteiger partial charge in [0, 0.05) is 43.5 Å². The van der Waals surface area contributed by atoms with Gasteiger partial charge in [-0.2, -0.15) is 0 Å². The van der Waals surface area contributed by atoms with Crippen molar-refractivity contribution in [1.29, 1.82) is 0 Å². The summed E-state index contributed by atoms with van der Waals surface area (Å²) < 4.78 is 26.1. The number of amides is 3. The number of hydrogen-bond acceptors (Lipinski definition) is 4. The van der Waals surface area contributed by atoms with Crippen LogP contribution in [0.4, 0.5) is 16.2 Å². The fourth-order valence-electron chi connectivity index (χ4n) is 3.39. The second kappa shape index (κ2) is 10.5. The summed E-state index contributed by atoms with van der Waals surface area (Å²) in [5, 5.41) is 2.89. The van der Waals surface area contributed by atoms with Crippen molar-refractivity contribution < 1.29 is 18.0 Å². The van der Waals surface area contributed by atoms with Gasteiger partial charge in [0.15, 0.2) is 0 Å². The van der Waals surface area contributed by atoms with Gasteiger partial charge in [-0.3, -0.25) is 9.52 Å². The molecule has 1 heterocycles. The molecule has 0 unspecified atom stereocenters. The van der Waals surface area contributed by atoms with Gasteiger partial charge in [-0.05, 0) is 57.4 Å². The number of nitrogens with zero attached hydrogens (tertiary/aromatic N) is 2. The Morgan fingerprint density at radius 1 is 1.03 bits per heavy atom. The molecule has 1 aromatic rings. The first-order valence-corrected chi connectivity index (χ1v) is 11.9. The molecule has 1 fully saturated rings. The Bertz CT molecular complexity index is 783. The third kappa shape index (κ3) is 6.62. The van der Waals surface area contributed by atoms with E-state index in [1.54, 1.807) is 29.2 Å². The minimum absolute atomic E-state index is 0.0370. The summed E-state index contributed by atoms with van der Waals surface area (Å²) in [5.74, 6) is -0.140. The van der Waals surface area contributed by atoms with Gasteiger partial charge in [-0.25, -0.2) is 13.2 Å². The number of likely N-dealkylation sites (tertiary alicyclic amines) is 1. The predicted molar refractivity (Wildman–Crippen MR) is 115 cm³/mol. The number of sulfonamides is 1. The van der Waals surface area contributed by atoms with Crippen LogP contribution in [0.5, 0.6) is 0 Å². The smallest absolute Gasteiger partial charge is 0.319 e. The van der Waals surface area contributed by atoms with Gasteiger partial charge < -0.3 is 15.1 Å². The standard InChI is InChI=1S/C20H32N4O4S/c1-4-15-29(27,28)22-18-9-7-17(8-10-18)21-19(25)16-11-13-24(14-12-16)20(26)23(5-2)6-3/h7-10,16,22H,4-6,11-15H2,1-3H3,(H,21,25). The van der Waals surface area contributed by atoms with Crippen molar-refractivity contribution in [3.05, 3.63) is 24.3 Å². The van der Waals surface area contributed by atoms with Crippen LogP contribution < -0.4 is 10.0 Å². The number of urea groups is 1. The van der Waals surface area contributed by atoms with Gasteiger partial charge in [-0.15, -0.1) is 0 Å². The Labute approximate surface area is 173 Å². The van der Waals surface area contributed by atoms with E-state index in [0.29, 0.717) is 56.8 Å². The largest absolute Gasteiger partial charge is 0.326 e. The first-order valence-electron chi connectivity index (χ1n) is 10.2. The first-order chi connectivity index (χ1) is 13.8.